The number of anilines is 1. The average molecular weight is 543 g/mol. The zero-order chi connectivity index (χ0) is 28.2. The number of Topliss-reactive ketones (excluding diaryl/α,β-unsaturated/α-hetero) is 1. The van der Waals surface area contributed by atoms with Gasteiger partial charge in [-0.15, -0.1) is 0 Å². The smallest absolute Gasteiger partial charge is 0.340 e. The minimum absolute atomic E-state index is 0.0458. The molecule has 0 fully saturated rings. The van der Waals surface area contributed by atoms with E-state index >= 15 is 0 Å². The Labute approximate surface area is 221 Å². The molecule has 0 spiro atoms. The molecule has 10 nitrogen and oxygen atoms in total. The van der Waals surface area contributed by atoms with Crippen LogP contribution < -0.4 is 9.04 Å². The van der Waals surface area contributed by atoms with E-state index in [-0.39, 0.29) is 28.3 Å². The van der Waals surface area contributed by atoms with Crippen LogP contribution in [0.25, 0.3) is 0 Å². The van der Waals surface area contributed by atoms with Crippen molar-refractivity contribution in [2.75, 3.05) is 25.1 Å². The highest BCUT2D eigenvalue weighted by atomic mass is 32.2. The Hall–Kier alpha value is -4.12. The summed E-state index contributed by atoms with van der Waals surface area (Å²) in [7, 11) is -1.10. The van der Waals surface area contributed by atoms with Gasteiger partial charge in [-0.2, -0.15) is 0 Å². The average Bonchev–Trinajstić information content (AvgIpc) is 3.21. The molecule has 0 aliphatic carbocycles. The molecule has 11 heteroatoms. The highest BCUT2D eigenvalue weighted by Crippen LogP contribution is 2.31. The lowest BCUT2D eigenvalue weighted by molar-refractivity contribution is 0.0316. The third kappa shape index (κ3) is 5.57. The lowest BCUT2D eigenvalue weighted by atomic mass is 10.1. The maximum Gasteiger partial charge on any atom is 0.340 e. The molecule has 0 aliphatic heterocycles. The van der Waals surface area contributed by atoms with Crippen molar-refractivity contribution in [3.05, 3.63) is 76.6 Å². The molecule has 0 unspecified atom stereocenters. The molecule has 1 aromatic heterocycles. The van der Waals surface area contributed by atoms with E-state index in [1.807, 2.05) is 0 Å². The summed E-state index contributed by atoms with van der Waals surface area (Å²) in [4.78, 5) is 40.7. The second-order valence-electron chi connectivity index (χ2n) is 8.43. The van der Waals surface area contributed by atoms with E-state index in [1.165, 1.54) is 45.3 Å². The van der Waals surface area contributed by atoms with E-state index in [0.29, 0.717) is 22.7 Å². The van der Waals surface area contributed by atoms with Crippen LogP contribution in [-0.2, 0) is 19.5 Å². The van der Waals surface area contributed by atoms with Crippen LogP contribution in [0.15, 0.2) is 53.4 Å². The number of esters is 2. The largest absolute Gasteiger partial charge is 0.495 e. The van der Waals surface area contributed by atoms with Crippen LogP contribution >= 0.6 is 0 Å². The van der Waals surface area contributed by atoms with Gasteiger partial charge in [0.05, 0.1) is 41.1 Å². The molecule has 3 rings (SSSR count). The lowest BCUT2D eigenvalue weighted by Gasteiger charge is -2.21. The predicted octanol–water partition coefficient (Wildman–Crippen LogP) is 4.07. The number of carbonyl (C=O) groups is 3. The molecule has 2 aromatic carbocycles. The van der Waals surface area contributed by atoms with Crippen LogP contribution in [0.5, 0.6) is 5.75 Å². The maximum atomic E-state index is 13.1. The number of ketones is 1. The fourth-order valence-corrected chi connectivity index (χ4v) is 5.14. The van der Waals surface area contributed by atoms with Crippen LogP contribution in [0.4, 0.5) is 5.69 Å². The van der Waals surface area contributed by atoms with Gasteiger partial charge in [-0.1, -0.05) is 12.1 Å². The molecule has 3 aromatic rings. The molecule has 0 bridgehead atoms. The van der Waals surface area contributed by atoms with Gasteiger partial charge in [0.1, 0.15) is 5.75 Å². The number of nitrogens with zero attached hydrogens (tertiary/aromatic N) is 1. The summed E-state index contributed by atoms with van der Waals surface area (Å²) in [6.45, 7) is 6.55. The van der Waals surface area contributed by atoms with Crippen LogP contribution in [0.3, 0.4) is 0 Å². The van der Waals surface area contributed by atoms with Crippen molar-refractivity contribution in [3.8, 4) is 5.75 Å². The number of rotatable bonds is 10. The minimum atomic E-state index is -3.95. The van der Waals surface area contributed by atoms with Crippen molar-refractivity contribution < 1.29 is 37.0 Å². The fourth-order valence-electron chi connectivity index (χ4n) is 3.93. The number of aryl methyl sites for hydroxylation is 1. The Morgan fingerprint density at radius 1 is 1.00 bits per heavy atom. The molecule has 1 N–H and O–H groups in total. The van der Waals surface area contributed by atoms with Gasteiger partial charge in [-0.05, 0) is 69.7 Å². The number of aromatic nitrogens is 1. The van der Waals surface area contributed by atoms with Gasteiger partial charge in [0.25, 0.3) is 10.0 Å². The summed E-state index contributed by atoms with van der Waals surface area (Å²) >= 11 is 0. The quantitative estimate of drug-likeness (QED) is 0.300. The zero-order valence-corrected chi connectivity index (χ0v) is 22.8. The van der Waals surface area contributed by atoms with Gasteiger partial charge in [-0.3, -0.25) is 9.10 Å². The van der Waals surface area contributed by atoms with Crippen LogP contribution in [-0.4, -0.2) is 58.0 Å². The molecule has 0 aliphatic rings. The number of nitrogens with one attached hydrogen (secondary N) is 1. The summed E-state index contributed by atoms with van der Waals surface area (Å²) in [6, 6.07) is 11.9. The van der Waals surface area contributed by atoms with Crippen LogP contribution in [0.2, 0.25) is 0 Å². The van der Waals surface area contributed by atoms with E-state index in [0.717, 1.165) is 4.31 Å². The number of hydrogen-bond donors (Lipinski definition) is 1. The summed E-state index contributed by atoms with van der Waals surface area (Å²) in [5.74, 6) is -1.49. The van der Waals surface area contributed by atoms with Gasteiger partial charge < -0.3 is 19.2 Å². The van der Waals surface area contributed by atoms with E-state index in [4.69, 9.17) is 14.2 Å². The number of sulfonamides is 1. The number of methoxy groups -OCH3 is 1. The molecular weight excluding hydrogens is 512 g/mol. The zero-order valence-electron chi connectivity index (χ0n) is 22.0. The molecule has 1 heterocycles. The minimum Gasteiger partial charge on any atom is -0.495 e. The van der Waals surface area contributed by atoms with E-state index in [2.05, 4.69) is 4.98 Å². The molecule has 0 radical (unpaired) electrons. The third-order valence-corrected chi connectivity index (χ3v) is 7.77. The molecule has 38 heavy (non-hydrogen) atoms. The first-order valence-corrected chi connectivity index (χ1v) is 13.2. The van der Waals surface area contributed by atoms with Gasteiger partial charge in [-0.25, -0.2) is 18.0 Å². The number of carbonyl (C=O) groups excluding carboxylic acids is 3. The second-order valence-corrected chi connectivity index (χ2v) is 10.4. The van der Waals surface area contributed by atoms with Crippen LogP contribution in [0, 0.1) is 13.8 Å². The Morgan fingerprint density at radius 2 is 1.63 bits per heavy atom. The fraction of sp³-hybridized carbons (Fsp3) is 0.296. The number of H-pyrrole nitrogens is 1. The number of para-hydroxylation sites is 2. The maximum absolute atomic E-state index is 13.1. The van der Waals surface area contributed by atoms with Crippen molar-refractivity contribution in [2.24, 2.45) is 0 Å². The molecule has 1 atom stereocenters. The van der Waals surface area contributed by atoms with E-state index < -0.39 is 33.8 Å². The van der Waals surface area contributed by atoms with Gasteiger partial charge in [0.15, 0.2) is 6.10 Å². The van der Waals surface area contributed by atoms with Crippen LogP contribution in [0.1, 0.15) is 56.3 Å². The second kappa shape index (κ2) is 11.5. The number of ether oxygens (including phenoxy) is 3. The topological polar surface area (TPSA) is 132 Å². The Kier molecular flexibility index (Phi) is 8.62. The Balaban J connectivity index is 1.75. The monoisotopic (exact) mass is 542 g/mol. The Bertz CT molecular complexity index is 1460. The van der Waals surface area contributed by atoms with Gasteiger partial charge in [0.2, 0.25) is 5.78 Å². The normalized spacial score (nSPS) is 11.9. The van der Waals surface area contributed by atoms with Crippen molar-refractivity contribution in [1.29, 1.82) is 0 Å². The lowest BCUT2D eigenvalue weighted by Crippen LogP contribution is -2.27. The molecule has 0 amide bonds. The van der Waals surface area contributed by atoms with Gasteiger partial charge >= 0.3 is 11.9 Å². The summed E-state index contributed by atoms with van der Waals surface area (Å²) in [6.07, 6.45) is -1.17. The number of benzene rings is 2. The highest BCUT2D eigenvalue weighted by Gasteiger charge is 2.28. The van der Waals surface area contributed by atoms with Crippen molar-refractivity contribution in [3.63, 3.8) is 0 Å². The first-order valence-electron chi connectivity index (χ1n) is 11.8. The summed E-state index contributed by atoms with van der Waals surface area (Å²) < 4.78 is 43.0. The molecule has 202 valence electrons. The highest BCUT2D eigenvalue weighted by molar-refractivity contribution is 7.92. The van der Waals surface area contributed by atoms with E-state index in [9.17, 15) is 22.8 Å². The first kappa shape index (κ1) is 28.5. The Morgan fingerprint density at radius 3 is 2.24 bits per heavy atom. The molecule has 0 saturated carbocycles. The van der Waals surface area contributed by atoms with E-state index in [1.54, 1.807) is 45.0 Å². The number of hydrogen-bond acceptors (Lipinski definition) is 8. The SMILES string of the molecule is CCOC(=O)c1c(C)[nH]c(C(=O)[C@@H](C)OC(=O)c2ccc(S(=O)(=O)N(C)c3ccccc3OC)cc2)c1C. The van der Waals surface area contributed by atoms with Crippen molar-refractivity contribution in [1.82, 2.24) is 4.98 Å². The van der Waals surface area contributed by atoms with Crippen molar-refractivity contribution >= 4 is 33.4 Å². The standard InChI is InChI=1S/C27H30N2O8S/c1-7-36-27(32)23-16(2)24(28-17(23)3)25(30)18(4)37-26(31)19-12-14-20(15-13-19)38(33,34)29(5)21-10-8-9-11-22(21)35-6/h8-15,18,28H,7H2,1-6H3/t18-/m1/s1. The van der Waals surface area contributed by atoms with Gasteiger partial charge in [0, 0.05) is 12.7 Å². The summed E-state index contributed by atoms with van der Waals surface area (Å²) in [5, 5.41) is 0. The third-order valence-electron chi connectivity index (χ3n) is 5.99. The molecule has 0 saturated heterocycles. The number of aromatic amines is 1. The first-order chi connectivity index (χ1) is 17.9. The predicted molar refractivity (Wildman–Crippen MR) is 140 cm³/mol. The van der Waals surface area contributed by atoms with Crippen molar-refractivity contribution in [2.45, 2.75) is 38.7 Å². The molecular formula is C27H30N2O8S. The summed E-state index contributed by atoms with van der Waals surface area (Å²) in [5.41, 5.74) is 1.71.